The molecular weight excluding hydrogens is 326 g/mol. The quantitative estimate of drug-likeness (QED) is 0.723. The lowest BCUT2D eigenvalue weighted by molar-refractivity contribution is -0.125. The van der Waals surface area contributed by atoms with Crippen LogP contribution in [-0.2, 0) is 4.79 Å². The highest BCUT2D eigenvalue weighted by molar-refractivity contribution is 9.10. The highest BCUT2D eigenvalue weighted by atomic mass is 79.9. The zero-order chi connectivity index (χ0) is 14.7. The summed E-state index contributed by atoms with van der Waals surface area (Å²) < 4.78 is 0.525. The van der Waals surface area contributed by atoms with Crippen LogP contribution < -0.4 is 10.6 Å². The highest BCUT2D eigenvalue weighted by Gasteiger charge is 2.32. The number of amides is 2. The van der Waals surface area contributed by atoms with Crippen LogP contribution in [0.15, 0.2) is 22.7 Å². The van der Waals surface area contributed by atoms with Crippen molar-refractivity contribution >= 4 is 27.7 Å². The maximum Gasteiger partial charge on any atom is 0.254 e. The minimum absolute atomic E-state index is 0.00229. The Morgan fingerprint density at radius 3 is 2.90 bits per heavy atom. The number of nitrogens with zero attached hydrogens (tertiary/aromatic N) is 1. The Kier molecular flexibility index (Phi) is 4.61. The summed E-state index contributed by atoms with van der Waals surface area (Å²) in [5, 5.41) is 15.3. The van der Waals surface area contributed by atoms with E-state index in [1.165, 1.54) is 11.0 Å². The first-order chi connectivity index (χ1) is 9.54. The molecular formula is C13H16BrN3O3. The number of aromatic hydroxyl groups is 1. The van der Waals surface area contributed by atoms with Gasteiger partial charge in [0.2, 0.25) is 5.91 Å². The number of piperazine rings is 1. The molecule has 20 heavy (non-hydrogen) atoms. The van der Waals surface area contributed by atoms with Crippen molar-refractivity contribution in [2.24, 2.45) is 0 Å². The molecule has 1 unspecified atom stereocenters. The van der Waals surface area contributed by atoms with Crippen LogP contribution >= 0.6 is 15.9 Å². The van der Waals surface area contributed by atoms with Crippen LogP contribution in [0.1, 0.15) is 10.4 Å². The summed E-state index contributed by atoms with van der Waals surface area (Å²) in [5.74, 6) is -0.461. The van der Waals surface area contributed by atoms with Crippen molar-refractivity contribution in [1.29, 1.82) is 0 Å². The third kappa shape index (κ3) is 2.94. The smallest absolute Gasteiger partial charge is 0.254 e. The van der Waals surface area contributed by atoms with Crippen molar-refractivity contribution in [3.63, 3.8) is 0 Å². The largest absolute Gasteiger partial charge is 0.507 e. The van der Waals surface area contributed by atoms with E-state index in [2.05, 4.69) is 26.6 Å². The van der Waals surface area contributed by atoms with Gasteiger partial charge in [-0.1, -0.05) is 0 Å². The van der Waals surface area contributed by atoms with Crippen LogP contribution in [0.2, 0.25) is 0 Å². The highest BCUT2D eigenvalue weighted by Crippen LogP contribution is 2.25. The first-order valence-corrected chi connectivity index (χ1v) is 7.05. The van der Waals surface area contributed by atoms with Gasteiger partial charge in [-0.2, -0.15) is 0 Å². The third-order valence-electron chi connectivity index (χ3n) is 3.25. The van der Waals surface area contributed by atoms with Crippen molar-refractivity contribution in [2.75, 3.05) is 26.7 Å². The fourth-order valence-electron chi connectivity index (χ4n) is 2.16. The summed E-state index contributed by atoms with van der Waals surface area (Å²) in [6.45, 7) is 1.52. The first-order valence-electron chi connectivity index (χ1n) is 6.26. The number of hydrogen-bond donors (Lipinski definition) is 3. The molecule has 6 nitrogen and oxygen atoms in total. The van der Waals surface area contributed by atoms with E-state index in [1.807, 2.05) is 0 Å². The number of halogens is 1. The number of phenolic OH excluding ortho intramolecular Hbond substituents is 1. The molecule has 0 spiro atoms. The monoisotopic (exact) mass is 341 g/mol. The van der Waals surface area contributed by atoms with Gasteiger partial charge in [-0.15, -0.1) is 0 Å². The van der Waals surface area contributed by atoms with Gasteiger partial charge in [0, 0.05) is 32.2 Å². The van der Waals surface area contributed by atoms with E-state index in [9.17, 15) is 14.7 Å². The van der Waals surface area contributed by atoms with E-state index in [0.29, 0.717) is 29.7 Å². The molecule has 1 heterocycles. The number of rotatable bonds is 2. The Bertz CT molecular complexity index is 536. The molecule has 108 valence electrons. The predicted octanol–water partition coefficient (Wildman–Crippen LogP) is 0.315. The number of carbonyl (C=O) groups is 2. The second-order valence-electron chi connectivity index (χ2n) is 4.50. The standard InChI is InChI=1S/C13H16BrN3O3/c1-15-12(19)10-7-16-4-5-17(10)13(20)8-2-3-9(14)11(18)6-8/h2-3,6,10,16,18H,4-5,7H2,1H3,(H,15,19). The predicted molar refractivity (Wildman–Crippen MR) is 77.6 cm³/mol. The lowest BCUT2D eigenvalue weighted by Crippen LogP contribution is -2.59. The van der Waals surface area contributed by atoms with Crippen LogP contribution in [0, 0.1) is 0 Å². The summed E-state index contributed by atoms with van der Waals surface area (Å²) in [4.78, 5) is 25.8. The van der Waals surface area contributed by atoms with Gasteiger partial charge in [0.1, 0.15) is 11.8 Å². The van der Waals surface area contributed by atoms with Gasteiger partial charge in [0.05, 0.1) is 4.47 Å². The molecule has 0 aliphatic carbocycles. The van der Waals surface area contributed by atoms with Crippen LogP contribution in [0.25, 0.3) is 0 Å². The third-order valence-corrected chi connectivity index (χ3v) is 3.92. The first kappa shape index (κ1) is 14.8. The van der Waals surface area contributed by atoms with Gasteiger partial charge in [0.15, 0.2) is 0 Å². The van der Waals surface area contributed by atoms with Gasteiger partial charge in [-0.05, 0) is 34.1 Å². The summed E-state index contributed by atoms with van der Waals surface area (Å²) in [6, 6.07) is 4.09. The molecule has 2 rings (SSSR count). The van der Waals surface area contributed by atoms with E-state index in [1.54, 1.807) is 19.2 Å². The minimum Gasteiger partial charge on any atom is -0.507 e. The SMILES string of the molecule is CNC(=O)C1CNCCN1C(=O)c1ccc(Br)c(O)c1. The maximum absolute atomic E-state index is 12.5. The van der Waals surface area contributed by atoms with Crippen LogP contribution in [0.4, 0.5) is 0 Å². The lowest BCUT2D eigenvalue weighted by Gasteiger charge is -2.35. The molecule has 0 saturated carbocycles. The zero-order valence-corrected chi connectivity index (χ0v) is 12.6. The summed E-state index contributed by atoms with van der Waals surface area (Å²) in [5.41, 5.74) is 0.363. The molecule has 1 saturated heterocycles. The second-order valence-corrected chi connectivity index (χ2v) is 5.35. The van der Waals surface area contributed by atoms with Crippen LogP contribution in [0.3, 0.4) is 0 Å². The van der Waals surface area contributed by atoms with Gasteiger partial charge < -0.3 is 20.6 Å². The number of hydrogen-bond acceptors (Lipinski definition) is 4. The van der Waals surface area contributed by atoms with Crippen molar-refractivity contribution in [2.45, 2.75) is 6.04 Å². The molecule has 7 heteroatoms. The summed E-state index contributed by atoms with van der Waals surface area (Å²) in [6.07, 6.45) is 0. The molecule has 1 aliphatic heterocycles. The molecule has 1 aromatic carbocycles. The average Bonchev–Trinajstić information content (AvgIpc) is 2.48. The van der Waals surface area contributed by atoms with Gasteiger partial charge >= 0.3 is 0 Å². The number of benzene rings is 1. The van der Waals surface area contributed by atoms with Crippen LogP contribution in [-0.4, -0.2) is 54.5 Å². The molecule has 3 N–H and O–H groups in total. The Morgan fingerprint density at radius 1 is 1.50 bits per heavy atom. The molecule has 1 aromatic rings. The van der Waals surface area contributed by atoms with Crippen molar-refractivity contribution in [1.82, 2.24) is 15.5 Å². The fourth-order valence-corrected chi connectivity index (χ4v) is 2.41. The average molecular weight is 342 g/mol. The second kappa shape index (κ2) is 6.23. The molecule has 0 aromatic heterocycles. The van der Waals surface area contributed by atoms with Crippen molar-refractivity contribution in [3.8, 4) is 5.75 Å². The van der Waals surface area contributed by atoms with E-state index < -0.39 is 6.04 Å². The normalized spacial score (nSPS) is 18.7. The van der Waals surface area contributed by atoms with Crippen LogP contribution in [0.5, 0.6) is 5.75 Å². The van der Waals surface area contributed by atoms with Gasteiger partial charge in [0.25, 0.3) is 5.91 Å². The number of nitrogens with one attached hydrogen (secondary N) is 2. The molecule has 2 amide bonds. The lowest BCUT2D eigenvalue weighted by atomic mass is 10.1. The van der Waals surface area contributed by atoms with E-state index >= 15 is 0 Å². The topological polar surface area (TPSA) is 81.7 Å². The van der Waals surface area contributed by atoms with E-state index in [0.717, 1.165) is 0 Å². The van der Waals surface area contributed by atoms with E-state index in [4.69, 9.17) is 0 Å². The minimum atomic E-state index is -0.535. The van der Waals surface area contributed by atoms with Gasteiger partial charge in [-0.3, -0.25) is 9.59 Å². The Balaban J connectivity index is 2.25. The number of carbonyl (C=O) groups excluding carboxylic acids is 2. The maximum atomic E-state index is 12.5. The molecule has 0 bridgehead atoms. The number of phenols is 1. The fraction of sp³-hybridized carbons (Fsp3) is 0.385. The van der Waals surface area contributed by atoms with Gasteiger partial charge in [-0.25, -0.2) is 0 Å². The number of likely N-dealkylation sites (N-methyl/N-ethyl adjacent to an activating group) is 1. The zero-order valence-electron chi connectivity index (χ0n) is 11.0. The Morgan fingerprint density at radius 2 is 2.25 bits per heavy atom. The molecule has 1 aliphatic rings. The molecule has 0 radical (unpaired) electrons. The Hall–Kier alpha value is -1.60. The molecule has 1 atom stereocenters. The summed E-state index contributed by atoms with van der Waals surface area (Å²) in [7, 11) is 1.55. The Labute approximate surface area is 125 Å². The van der Waals surface area contributed by atoms with Crippen molar-refractivity contribution < 1.29 is 14.7 Å². The summed E-state index contributed by atoms with van der Waals surface area (Å²) >= 11 is 3.17. The molecule has 1 fully saturated rings. The van der Waals surface area contributed by atoms with Crippen molar-refractivity contribution in [3.05, 3.63) is 28.2 Å². The van der Waals surface area contributed by atoms with E-state index in [-0.39, 0.29) is 17.6 Å².